The Morgan fingerprint density at radius 1 is 1.38 bits per heavy atom. The molecule has 0 amide bonds. The van der Waals surface area contributed by atoms with Crippen LogP contribution in [0.25, 0.3) is 10.9 Å². The van der Waals surface area contributed by atoms with E-state index in [1.165, 1.54) is 10.9 Å². The number of rotatable bonds is 0. The van der Waals surface area contributed by atoms with E-state index in [0.717, 1.165) is 22.1 Å². The lowest BCUT2D eigenvalue weighted by Crippen LogP contribution is -2.20. The van der Waals surface area contributed by atoms with E-state index in [1.807, 2.05) is 6.07 Å². The third-order valence-electron chi connectivity index (χ3n) is 2.96. The highest BCUT2D eigenvalue weighted by atomic mass is 79.9. The van der Waals surface area contributed by atoms with Crippen LogP contribution in [-0.2, 0) is 17.8 Å². The number of nitrogens with zero attached hydrogens (tertiary/aromatic N) is 1. The number of hydrogen-bond acceptors (Lipinski definition) is 2. The van der Waals surface area contributed by atoms with Gasteiger partial charge in [-0.15, -0.1) is 0 Å². The van der Waals surface area contributed by atoms with Crippen molar-refractivity contribution in [2.75, 3.05) is 0 Å². The van der Waals surface area contributed by atoms with Crippen LogP contribution in [0.3, 0.4) is 0 Å². The molecule has 1 aliphatic rings. The summed E-state index contributed by atoms with van der Waals surface area (Å²) in [5, 5.41) is 1.20. The zero-order chi connectivity index (χ0) is 11.1. The number of fused-ring (bicyclic) bond motifs is 2. The van der Waals surface area contributed by atoms with Crippen LogP contribution >= 0.6 is 15.9 Å². The number of benzene rings is 1. The zero-order valence-corrected chi connectivity index (χ0v) is 10.6. The van der Waals surface area contributed by atoms with Gasteiger partial charge in [0.1, 0.15) is 0 Å². The van der Waals surface area contributed by atoms with Crippen molar-refractivity contribution in [3.63, 3.8) is 0 Å². The molecule has 3 heteroatoms. The molecule has 0 radical (unpaired) electrons. The van der Waals surface area contributed by atoms with E-state index < -0.39 is 0 Å². The second kappa shape index (κ2) is 3.82. The first-order valence-electron chi connectivity index (χ1n) is 5.42. The molecular formula is C13H12BrNO. The van der Waals surface area contributed by atoms with Crippen molar-refractivity contribution in [1.29, 1.82) is 0 Å². The molecule has 82 valence electrons. The van der Waals surface area contributed by atoms with E-state index in [2.05, 4.69) is 46.0 Å². The summed E-state index contributed by atoms with van der Waals surface area (Å²) in [6.45, 7) is 2.74. The van der Waals surface area contributed by atoms with E-state index >= 15 is 0 Å². The van der Waals surface area contributed by atoms with Crippen LogP contribution in [0, 0.1) is 0 Å². The first-order valence-corrected chi connectivity index (χ1v) is 6.21. The number of halogens is 1. The fourth-order valence-electron chi connectivity index (χ4n) is 2.12. The van der Waals surface area contributed by atoms with Crippen LogP contribution in [0.2, 0.25) is 0 Å². The number of ether oxygens (including phenoxy) is 1. The molecule has 1 atom stereocenters. The molecular weight excluding hydrogens is 266 g/mol. The Morgan fingerprint density at radius 2 is 2.25 bits per heavy atom. The molecule has 1 aromatic heterocycles. The molecule has 0 saturated heterocycles. The minimum Gasteiger partial charge on any atom is -0.372 e. The van der Waals surface area contributed by atoms with Crippen molar-refractivity contribution >= 4 is 26.8 Å². The van der Waals surface area contributed by atoms with E-state index in [1.54, 1.807) is 0 Å². The van der Waals surface area contributed by atoms with E-state index in [0.29, 0.717) is 12.7 Å². The van der Waals surface area contributed by atoms with Crippen LogP contribution in [0.5, 0.6) is 0 Å². The predicted octanol–water partition coefficient (Wildman–Crippen LogP) is 3.46. The number of hydrogen-bond donors (Lipinski definition) is 0. The second-order valence-corrected chi connectivity index (χ2v) is 5.17. The molecule has 1 aromatic carbocycles. The quantitative estimate of drug-likeness (QED) is 0.736. The number of aromatic nitrogens is 1. The molecule has 16 heavy (non-hydrogen) atoms. The SMILES string of the molecule is CC1Cc2cc3ccc(Br)cc3nc2CO1. The Bertz CT molecular complexity index is 553. The Labute approximate surface area is 103 Å². The minimum absolute atomic E-state index is 0.308. The van der Waals surface area contributed by atoms with Crippen molar-refractivity contribution < 1.29 is 4.74 Å². The standard InChI is InChI=1S/C13H12BrNO/c1-8-4-10-5-9-2-3-11(14)6-12(9)15-13(10)7-16-8/h2-3,5-6,8H,4,7H2,1H3. The summed E-state index contributed by atoms with van der Waals surface area (Å²) < 4.78 is 6.68. The van der Waals surface area contributed by atoms with Crippen LogP contribution in [0.1, 0.15) is 18.2 Å². The predicted molar refractivity (Wildman–Crippen MR) is 67.4 cm³/mol. The van der Waals surface area contributed by atoms with Gasteiger partial charge in [-0.3, -0.25) is 4.98 Å². The fourth-order valence-corrected chi connectivity index (χ4v) is 2.46. The third kappa shape index (κ3) is 1.74. The number of pyridine rings is 1. The molecule has 0 bridgehead atoms. The van der Waals surface area contributed by atoms with Gasteiger partial charge in [0.25, 0.3) is 0 Å². The van der Waals surface area contributed by atoms with Crippen molar-refractivity contribution in [2.24, 2.45) is 0 Å². The summed E-state index contributed by atoms with van der Waals surface area (Å²) in [4.78, 5) is 4.66. The molecule has 0 spiro atoms. The molecule has 0 N–H and O–H groups in total. The van der Waals surface area contributed by atoms with Crippen LogP contribution in [0.15, 0.2) is 28.7 Å². The Balaban J connectivity index is 2.19. The third-order valence-corrected chi connectivity index (χ3v) is 3.45. The van der Waals surface area contributed by atoms with Crippen molar-refractivity contribution in [2.45, 2.75) is 26.1 Å². The fraction of sp³-hybridized carbons (Fsp3) is 0.308. The normalized spacial score (nSPS) is 19.8. The zero-order valence-electron chi connectivity index (χ0n) is 9.03. The van der Waals surface area contributed by atoms with Gasteiger partial charge in [-0.05, 0) is 30.7 Å². The molecule has 2 heterocycles. The van der Waals surface area contributed by atoms with Gasteiger partial charge in [0.15, 0.2) is 0 Å². The van der Waals surface area contributed by atoms with Gasteiger partial charge in [0.05, 0.1) is 23.9 Å². The monoisotopic (exact) mass is 277 g/mol. The Morgan fingerprint density at radius 3 is 3.12 bits per heavy atom. The van der Waals surface area contributed by atoms with Crippen LogP contribution < -0.4 is 0 Å². The van der Waals surface area contributed by atoms with Gasteiger partial charge in [-0.2, -0.15) is 0 Å². The second-order valence-electron chi connectivity index (χ2n) is 4.26. The molecule has 0 saturated carbocycles. The molecule has 0 fully saturated rings. The van der Waals surface area contributed by atoms with Gasteiger partial charge < -0.3 is 4.74 Å². The Kier molecular flexibility index (Phi) is 2.45. The molecule has 3 rings (SSSR count). The van der Waals surface area contributed by atoms with Gasteiger partial charge >= 0.3 is 0 Å². The van der Waals surface area contributed by atoms with E-state index in [-0.39, 0.29) is 0 Å². The highest BCUT2D eigenvalue weighted by Gasteiger charge is 2.17. The molecule has 1 aliphatic heterocycles. The smallest absolute Gasteiger partial charge is 0.0894 e. The van der Waals surface area contributed by atoms with Crippen molar-refractivity contribution in [3.8, 4) is 0 Å². The maximum absolute atomic E-state index is 5.61. The van der Waals surface area contributed by atoms with E-state index in [9.17, 15) is 0 Å². The summed E-state index contributed by atoms with van der Waals surface area (Å²) in [5.41, 5.74) is 3.45. The lowest BCUT2D eigenvalue weighted by atomic mass is 10.0. The molecule has 2 nitrogen and oxygen atoms in total. The summed E-state index contributed by atoms with van der Waals surface area (Å²) >= 11 is 3.47. The Hall–Kier alpha value is -0.930. The van der Waals surface area contributed by atoms with Gasteiger partial charge in [0, 0.05) is 16.3 Å². The lowest BCUT2D eigenvalue weighted by molar-refractivity contribution is 0.0387. The van der Waals surface area contributed by atoms with Gasteiger partial charge in [-0.1, -0.05) is 22.0 Å². The summed E-state index contributed by atoms with van der Waals surface area (Å²) in [6, 6.07) is 8.45. The molecule has 0 aliphatic carbocycles. The largest absolute Gasteiger partial charge is 0.372 e. The maximum atomic E-state index is 5.61. The molecule has 2 aromatic rings. The topological polar surface area (TPSA) is 22.1 Å². The maximum Gasteiger partial charge on any atom is 0.0894 e. The average molecular weight is 278 g/mol. The highest BCUT2D eigenvalue weighted by molar-refractivity contribution is 9.10. The lowest BCUT2D eigenvalue weighted by Gasteiger charge is -2.21. The van der Waals surface area contributed by atoms with Crippen LogP contribution in [0.4, 0.5) is 0 Å². The summed E-state index contributed by atoms with van der Waals surface area (Å²) in [7, 11) is 0. The first-order chi connectivity index (χ1) is 7.72. The van der Waals surface area contributed by atoms with Crippen LogP contribution in [-0.4, -0.2) is 11.1 Å². The molecule has 1 unspecified atom stereocenters. The average Bonchev–Trinajstić information content (AvgIpc) is 2.26. The van der Waals surface area contributed by atoms with Crippen molar-refractivity contribution in [1.82, 2.24) is 4.98 Å². The first kappa shape index (κ1) is 10.2. The summed E-state index contributed by atoms with van der Waals surface area (Å²) in [6.07, 6.45) is 1.27. The van der Waals surface area contributed by atoms with Gasteiger partial charge in [0.2, 0.25) is 0 Å². The van der Waals surface area contributed by atoms with E-state index in [4.69, 9.17) is 4.74 Å². The van der Waals surface area contributed by atoms with Gasteiger partial charge in [-0.25, -0.2) is 0 Å². The van der Waals surface area contributed by atoms with Crippen molar-refractivity contribution in [3.05, 3.63) is 40.0 Å². The summed E-state index contributed by atoms with van der Waals surface area (Å²) in [5.74, 6) is 0. The minimum atomic E-state index is 0.308. The highest BCUT2D eigenvalue weighted by Crippen LogP contribution is 2.25.